The molecule has 16 heavy (non-hydrogen) atoms. The first-order valence-corrected chi connectivity index (χ1v) is 5.57. The van der Waals surface area contributed by atoms with Gasteiger partial charge >= 0.3 is 0 Å². The van der Waals surface area contributed by atoms with E-state index in [9.17, 15) is 0 Å². The second-order valence-corrected chi connectivity index (χ2v) is 4.50. The van der Waals surface area contributed by atoms with Crippen LogP contribution >= 0.6 is 11.6 Å². The fraction of sp³-hybridized carbons (Fsp3) is 0.333. The maximum atomic E-state index is 5.90. The summed E-state index contributed by atoms with van der Waals surface area (Å²) in [7, 11) is 0. The fourth-order valence-corrected chi connectivity index (χ4v) is 1.74. The highest BCUT2D eigenvalue weighted by molar-refractivity contribution is 6.20. The lowest BCUT2D eigenvalue weighted by Gasteiger charge is -2.03. The van der Waals surface area contributed by atoms with Gasteiger partial charge in [-0.2, -0.15) is 4.98 Å². The maximum absolute atomic E-state index is 5.90. The van der Waals surface area contributed by atoms with E-state index in [2.05, 4.69) is 10.1 Å². The third-order valence-electron chi connectivity index (χ3n) is 2.49. The van der Waals surface area contributed by atoms with Gasteiger partial charge in [-0.3, -0.25) is 0 Å². The zero-order valence-electron chi connectivity index (χ0n) is 9.49. The summed E-state index contributed by atoms with van der Waals surface area (Å²) in [4.78, 5) is 4.29. The first kappa shape index (κ1) is 11.1. The Bertz CT molecular complexity index is 485. The number of nitrogens with zero attached hydrogens (tertiary/aromatic N) is 2. The minimum absolute atomic E-state index is 0.234. The molecule has 0 N–H and O–H groups in total. The Hall–Kier alpha value is -1.35. The second kappa shape index (κ2) is 4.26. The van der Waals surface area contributed by atoms with Crippen LogP contribution in [0.25, 0.3) is 11.5 Å². The van der Waals surface area contributed by atoms with Gasteiger partial charge in [-0.15, -0.1) is 11.6 Å². The average molecular weight is 237 g/mol. The molecule has 0 saturated carbocycles. The van der Waals surface area contributed by atoms with Crippen molar-refractivity contribution in [3.05, 3.63) is 35.2 Å². The van der Waals surface area contributed by atoms with Crippen LogP contribution < -0.4 is 0 Å². The van der Waals surface area contributed by atoms with Gasteiger partial charge in [0.05, 0.1) is 5.38 Å². The minimum atomic E-state index is -0.234. The molecule has 0 radical (unpaired) electrons. The van der Waals surface area contributed by atoms with Crippen LogP contribution in [0.3, 0.4) is 0 Å². The molecule has 2 rings (SSSR count). The highest BCUT2D eigenvalue weighted by Gasteiger charge is 2.15. The molecule has 2 aromatic rings. The summed E-state index contributed by atoms with van der Waals surface area (Å²) in [6.45, 7) is 5.87. The Labute approximate surface area is 99.4 Å². The lowest BCUT2D eigenvalue weighted by Crippen LogP contribution is -1.90. The van der Waals surface area contributed by atoms with Crippen LogP contribution in [-0.4, -0.2) is 10.1 Å². The molecule has 0 fully saturated rings. The van der Waals surface area contributed by atoms with Gasteiger partial charge < -0.3 is 4.52 Å². The molecule has 84 valence electrons. The number of hydrogen-bond donors (Lipinski definition) is 0. The fourth-order valence-electron chi connectivity index (χ4n) is 1.65. The number of aromatic nitrogens is 2. The summed E-state index contributed by atoms with van der Waals surface area (Å²) < 4.78 is 5.23. The zero-order chi connectivity index (χ0) is 11.7. The molecule has 1 aromatic heterocycles. The first-order chi connectivity index (χ1) is 7.59. The standard InChI is InChI=1S/C12H13ClN2O/c1-7-5-4-6-8(2)10(7)12-14-11(9(3)13)15-16-12/h4-6,9H,1-3H3. The predicted molar refractivity (Wildman–Crippen MR) is 63.5 cm³/mol. The van der Waals surface area contributed by atoms with E-state index in [-0.39, 0.29) is 5.38 Å². The monoisotopic (exact) mass is 236 g/mol. The van der Waals surface area contributed by atoms with E-state index in [1.807, 2.05) is 39.0 Å². The molecule has 0 amide bonds. The third-order valence-corrected chi connectivity index (χ3v) is 2.69. The van der Waals surface area contributed by atoms with Crippen molar-refractivity contribution in [2.45, 2.75) is 26.1 Å². The molecule has 0 bridgehead atoms. The summed E-state index contributed by atoms with van der Waals surface area (Å²) in [5.74, 6) is 1.07. The van der Waals surface area contributed by atoms with E-state index in [1.165, 1.54) is 0 Å². The quantitative estimate of drug-likeness (QED) is 0.747. The lowest BCUT2D eigenvalue weighted by molar-refractivity contribution is 0.422. The van der Waals surface area contributed by atoms with Crippen molar-refractivity contribution in [3.63, 3.8) is 0 Å². The van der Waals surface area contributed by atoms with Gasteiger partial charge in [0.15, 0.2) is 5.82 Å². The summed E-state index contributed by atoms with van der Waals surface area (Å²) in [6, 6.07) is 6.06. The van der Waals surface area contributed by atoms with Gasteiger partial charge in [-0.05, 0) is 31.9 Å². The van der Waals surface area contributed by atoms with Crippen molar-refractivity contribution < 1.29 is 4.52 Å². The van der Waals surface area contributed by atoms with Gasteiger partial charge in [0, 0.05) is 5.56 Å². The zero-order valence-corrected chi connectivity index (χ0v) is 10.2. The van der Waals surface area contributed by atoms with E-state index in [4.69, 9.17) is 16.1 Å². The van der Waals surface area contributed by atoms with Crippen molar-refractivity contribution in [2.75, 3.05) is 0 Å². The molecule has 1 atom stereocenters. The molecule has 4 heteroatoms. The van der Waals surface area contributed by atoms with E-state index in [0.29, 0.717) is 11.7 Å². The second-order valence-electron chi connectivity index (χ2n) is 3.84. The van der Waals surface area contributed by atoms with E-state index < -0.39 is 0 Å². The van der Waals surface area contributed by atoms with Gasteiger partial charge in [-0.1, -0.05) is 23.4 Å². The number of aryl methyl sites for hydroxylation is 2. The number of rotatable bonds is 2. The SMILES string of the molecule is Cc1cccc(C)c1-c1nc(C(C)Cl)no1. The van der Waals surface area contributed by atoms with Crippen LogP contribution in [0.2, 0.25) is 0 Å². The maximum Gasteiger partial charge on any atom is 0.258 e. The molecule has 0 spiro atoms. The molecular weight excluding hydrogens is 224 g/mol. The van der Waals surface area contributed by atoms with E-state index in [1.54, 1.807) is 0 Å². The molecule has 1 unspecified atom stereocenters. The lowest BCUT2D eigenvalue weighted by atomic mass is 10.0. The Balaban J connectivity index is 2.50. The average Bonchev–Trinajstić information content (AvgIpc) is 2.66. The number of alkyl halides is 1. The molecule has 0 aliphatic carbocycles. The number of hydrogen-bond acceptors (Lipinski definition) is 3. The molecule has 0 aliphatic heterocycles. The Morgan fingerprint density at radius 1 is 1.25 bits per heavy atom. The van der Waals surface area contributed by atoms with Crippen LogP contribution in [0.15, 0.2) is 22.7 Å². The molecule has 1 aromatic carbocycles. The molecule has 0 saturated heterocycles. The van der Waals surface area contributed by atoms with Crippen LogP contribution in [0, 0.1) is 13.8 Å². The highest BCUT2D eigenvalue weighted by Crippen LogP contribution is 2.27. The molecule has 0 aliphatic rings. The predicted octanol–water partition coefficient (Wildman–Crippen LogP) is 3.65. The molecule has 3 nitrogen and oxygen atoms in total. The third kappa shape index (κ3) is 1.95. The normalized spacial score (nSPS) is 12.8. The van der Waals surface area contributed by atoms with Crippen molar-refractivity contribution in [1.82, 2.24) is 10.1 Å². The molecule has 1 heterocycles. The van der Waals surface area contributed by atoms with Crippen molar-refractivity contribution in [2.24, 2.45) is 0 Å². The largest absolute Gasteiger partial charge is 0.334 e. The van der Waals surface area contributed by atoms with Crippen LogP contribution in [0.1, 0.15) is 29.3 Å². The summed E-state index contributed by atoms with van der Waals surface area (Å²) in [6.07, 6.45) is 0. The molecular formula is C12H13ClN2O. The van der Waals surface area contributed by atoms with Crippen LogP contribution in [0.4, 0.5) is 0 Å². The highest BCUT2D eigenvalue weighted by atomic mass is 35.5. The van der Waals surface area contributed by atoms with Crippen molar-refractivity contribution in [3.8, 4) is 11.5 Å². The van der Waals surface area contributed by atoms with E-state index in [0.717, 1.165) is 16.7 Å². The topological polar surface area (TPSA) is 38.9 Å². The number of benzene rings is 1. The number of halogens is 1. The summed E-state index contributed by atoms with van der Waals surface area (Å²) >= 11 is 5.90. The summed E-state index contributed by atoms with van der Waals surface area (Å²) in [5.41, 5.74) is 3.24. The van der Waals surface area contributed by atoms with E-state index >= 15 is 0 Å². The Morgan fingerprint density at radius 3 is 2.38 bits per heavy atom. The van der Waals surface area contributed by atoms with Gasteiger partial charge in [0.25, 0.3) is 5.89 Å². The smallest absolute Gasteiger partial charge is 0.258 e. The van der Waals surface area contributed by atoms with Crippen molar-refractivity contribution in [1.29, 1.82) is 0 Å². The first-order valence-electron chi connectivity index (χ1n) is 5.14. The van der Waals surface area contributed by atoms with Crippen LogP contribution in [-0.2, 0) is 0 Å². The summed E-state index contributed by atoms with van der Waals surface area (Å²) in [5, 5.41) is 3.62. The van der Waals surface area contributed by atoms with Gasteiger partial charge in [0.1, 0.15) is 0 Å². The van der Waals surface area contributed by atoms with Crippen LogP contribution in [0.5, 0.6) is 0 Å². The Kier molecular flexibility index (Phi) is 2.97. The van der Waals surface area contributed by atoms with Gasteiger partial charge in [-0.25, -0.2) is 0 Å². The van der Waals surface area contributed by atoms with Gasteiger partial charge in [0.2, 0.25) is 0 Å². The minimum Gasteiger partial charge on any atom is -0.334 e. The Morgan fingerprint density at radius 2 is 1.88 bits per heavy atom. The van der Waals surface area contributed by atoms with Crippen molar-refractivity contribution >= 4 is 11.6 Å².